The minimum Gasteiger partial charge on any atom is -0.252 e. The molecular weight excluding hydrogens is 504 g/mol. The molecule has 0 unspecified atom stereocenters. The highest BCUT2D eigenvalue weighted by Gasteiger charge is 2.22. The molecule has 0 radical (unpaired) electrons. The number of thiophene rings is 1. The second kappa shape index (κ2) is 9.11. The first-order valence-corrected chi connectivity index (χ1v) is 14.9. The van der Waals surface area contributed by atoms with E-state index in [0.29, 0.717) is 5.92 Å². The van der Waals surface area contributed by atoms with Crippen LogP contribution in [-0.2, 0) is 6.42 Å². The van der Waals surface area contributed by atoms with Crippen molar-refractivity contribution in [2.45, 2.75) is 26.7 Å². The zero-order chi connectivity index (χ0) is 26.8. The SMILES string of the molecule is CC(C)C1=CCCc2c1sc1c(-c3cccc(-c4cnc5c6ccccc6c6ccccc6c5n4)c3)cccc21. The number of allylic oxidation sites excluding steroid dienone is 2. The first kappa shape index (κ1) is 23.5. The Labute approximate surface area is 237 Å². The highest BCUT2D eigenvalue weighted by atomic mass is 32.1. The van der Waals surface area contributed by atoms with Crippen molar-refractivity contribution in [3.05, 3.63) is 114 Å². The third kappa shape index (κ3) is 3.54. The fourth-order valence-electron chi connectivity index (χ4n) is 6.45. The summed E-state index contributed by atoms with van der Waals surface area (Å²) >= 11 is 1.97. The van der Waals surface area contributed by atoms with Crippen LogP contribution in [0.5, 0.6) is 0 Å². The Morgan fingerprint density at radius 1 is 0.700 bits per heavy atom. The topological polar surface area (TPSA) is 25.8 Å². The molecule has 2 nitrogen and oxygen atoms in total. The Morgan fingerprint density at radius 3 is 2.15 bits per heavy atom. The first-order valence-electron chi connectivity index (χ1n) is 14.1. The zero-order valence-electron chi connectivity index (χ0n) is 22.6. The van der Waals surface area contributed by atoms with Gasteiger partial charge in [-0.1, -0.05) is 105 Å². The molecule has 5 aromatic carbocycles. The van der Waals surface area contributed by atoms with Crippen molar-refractivity contribution in [1.82, 2.24) is 9.97 Å². The predicted molar refractivity (Wildman–Crippen MR) is 172 cm³/mol. The molecule has 40 heavy (non-hydrogen) atoms. The lowest BCUT2D eigenvalue weighted by atomic mass is 9.89. The van der Waals surface area contributed by atoms with E-state index in [4.69, 9.17) is 9.97 Å². The van der Waals surface area contributed by atoms with E-state index in [-0.39, 0.29) is 0 Å². The van der Waals surface area contributed by atoms with Gasteiger partial charge in [0.2, 0.25) is 0 Å². The predicted octanol–water partition coefficient (Wildman–Crippen LogP) is 10.5. The second-order valence-electron chi connectivity index (χ2n) is 11.1. The number of hydrogen-bond acceptors (Lipinski definition) is 3. The van der Waals surface area contributed by atoms with Gasteiger partial charge in [-0.2, -0.15) is 0 Å². The molecule has 0 atom stereocenters. The summed E-state index contributed by atoms with van der Waals surface area (Å²) in [6.45, 7) is 4.62. The van der Waals surface area contributed by atoms with Crippen LogP contribution in [0.2, 0.25) is 0 Å². The van der Waals surface area contributed by atoms with Gasteiger partial charge in [0, 0.05) is 25.9 Å². The van der Waals surface area contributed by atoms with Crippen LogP contribution < -0.4 is 0 Å². The Morgan fingerprint density at radius 2 is 1.38 bits per heavy atom. The Bertz CT molecular complexity index is 2110. The molecule has 2 heterocycles. The van der Waals surface area contributed by atoms with E-state index in [2.05, 4.69) is 111 Å². The maximum Gasteiger partial charge on any atom is 0.0979 e. The lowest BCUT2D eigenvalue weighted by molar-refractivity contribution is 0.836. The average molecular weight is 533 g/mol. The van der Waals surface area contributed by atoms with E-state index in [0.717, 1.165) is 45.9 Å². The van der Waals surface area contributed by atoms with Crippen LogP contribution in [0.15, 0.2) is 103 Å². The van der Waals surface area contributed by atoms with E-state index in [9.17, 15) is 0 Å². The van der Waals surface area contributed by atoms with Crippen molar-refractivity contribution in [3.63, 3.8) is 0 Å². The molecule has 7 aromatic rings. The van der Waals surface area contributed by atoms with E-state index >= 15 is 0 Å². The molecule has 1 aliphatic rings. The van der Waals surface area contributed by atoms with Crippen molar-refractivity contribution in [3.8, 4) is 22.4 Å². The molecule has 0 spiro atoms. The number of aromatic nitrogens is 2. The van der Waals surface area contributed by atoms with E-state index < -0.39 is 0 Å². The van der Waals surface area contributed by atoms with Crippen molar-refractivity contribution in [2.24, 2.45) is 5.92 Å². The summed E-state index contributed by atoms with van der Waals surface area (Å²) in [5.41, 5.74) is 9.46. The van der Waals surface area contributed by atoms with Gasteiger partial charge < -0.3 is 0 Å². The molecule has 1 aliphatic carbocycles. The normalized spacial score (nSPS) is 13.4. The van der Waals surface area contributed by atoms with Crippen molar-refractivity contribution in [1.29, 1.82) is 0 Å². The third-order valence-electron chi connectivity index (χ3n) is 8.36. The number of hydrogen-bond donors (Lipinski definition) is 0. The molecular formula is C37H28N2S. The Balaban J connectivity index is 1.30. The summed E-state index contributed by atoms with van der Waals surface area (Å²) in [5, 5.41) is 6.14. The third-order valence-corrected chi connectivity index (χ3v) is 9.69. The quantitative estimate of drug-likeness (QED) is 0.212. The summed E-state index contributed by atoms with van der Waals surface area (Å²) in [5.74, 6) is 0.540. The van der Waals surface area contributed by atoms with Crippen LogP contribution in [-0.4, -0.2) is 9.97 Å². The highest BCUT2D eigenvalue weighted by Crippen LogP contribution is 2.45. The van der Waals surface area contributed by atoms with Crippen LogP contribution in [0, 0.1) is 5.92 Å². The molecule has 8 rings (SSSR count). The second-order valence-corrected chi connectivity index (χ2v) is 12.1. The summed E-state index contributed by atoms with van der Waals surface area (Å²) in [6.07, 6.45) is 6.65. The van der Waals surface area contributed by atoms with Crippen LogP contribution in [0.4, 0.5) is 0 Å². The van der Waals surface area contributed by atoms with Crippen LogP contribution in [0.1, 0.15) is 30.7 Å². The summed E-state index contributed by atoms with van der Waals surface area (Å²) in [4.78, 5) is 11.7. The number of aryl methyl sites for hydroxylation is 1. The molecule has 0 bridgehead atoms. The van der Waals surface area contributed by atoms with Gasteiger partial charge in [-0.15, -0.1) is 11.3 Å². The standard InChI is InChI=1S/C37H28N2S/c1-22(2)25-16-8-18-31-32-19-9-17-26(37(32)40-36(25)31)23-10-7-11-24(20-23)33-21-38-34-29-14-5-3-12-27(29)28-13-4-6-15-30(28)35(34)39-33/h3-7,9-17,19-22H,8,18H2,1-2H3. The maximum atomic E-state index is 5.24. The van der Waals surface area contributed by atoms with Gasteiger partial charge in [0.25, 0.3) is 0 Å². The highest BCUT2D eigenvalue weighted by molar-refractivity contribution is 7.20. The Hall–Kier alpha value is -4.34. The summed E-state index contributed by atoms with van der Waals surface area (Å²) < 4.78 is 1.39. The number of rotatable bonds is 3. The molecule has 0 saturated carbocycles. The molecule has 192 valence electrons. The van der Waals surface area contributed by atoms with Crippen LogP contribution in [0.3, 0.4) is 0 Å². The maximum absolute atomic E-state index is 5.24. The van der Waals surface area contributed by atoms with Crippen molar-refractivity contribution in [2.75, 3.05) is 0 Å². The first-order chi connectivity index (χ1) is 19.7. The zero-order valence-corrected chi connectivity index (χ0v) is 23.4. The molecule has 3 heteroatoms. The molecule has 0 amide bonds. The number of benzene rings is 5. The van der Waals surface area contributed by atoms with Gasteiger partial charge in [-0.25, -0.2) is 4.98 Å². The van der Waals surface area contributed by atoms with Gasteiger partial charge in [0.1, 0.15) is 0 Å². The van der Waals surface area contributed by atoms with Crippen LogP contribution in [0.25, 0.3) is 70.6 Å². The van der Waals surface area contributed by atoms with Gasteiger partial charge in [-0.3, -0.25) is 4.98 Å². The van der Waals surface area contributed by atoms with Crippen molar-refractivity contribution >= 4 is 59.6 Å². The smallest absolute Gasteiger partial charge is 0.0979 e. The number of nitrogens with zero attached hydrogens (tertiary/aromatic N) is 2. The largest absolute Gasteiger partial charge is 0.252 e. The number of fused-ring (bicyclic) bond motifs is 9. The van der Waals surface area contributed by atoms with Gasteiger partial charge in [0.05, 0.1) is 22.9 Å². The van der Waals surface area contributed by atoms with Gasteiger partial charge in [0.15, 0.2) is 0 Å². The molecule has 0 saturated heterocycles. The average Bonchev–Trinajstić information content (AvgIpc) is 3.40. The van der Waals surface area contributed by atoms with E-state index in [1.54, 1.807) is 0 Å². The van der Waals surface area contributed by atoms with Crippen LogP contribution >= 0.6 is 11.3 Å². The van der Waals surface area contributed by atoms with Gasteiger partial charge >= 0.3 is 0 Å². The minimum atomic E-state index is 0.540. The summed E-state index contributed by atoms with van der Waals surface area (Å²) in [6, 6.07) is 32.7. The molecule has 2 aromatic heterocycles. The Kier molecular flexibility index (Phi) is 5.36. The molecule has 0 N–H and O–H groups in total. The lowest BCUT2D eigenvalue weighted by Gasteiger charge is -2.16. The monoisotopic (exact) mass is 532 g/mol. The van der Waals surface area contributed by atoms with E-state index in [1.165, 1.54) is 48.0 Å². The minimum absolute atomic E-state index is 0.540. The van der Waals surface area contributed by atoms with E-state index in [1.807, 2.05) is 17.5 Å². The summed E-state index contributed by atoms with van der Waals surface area (Å²) in [7, 11) is 0. The molecule has 0 aliphatic heterocycles. The molecule has 0 fully saturated rings. The fraction of sp³-hybridized carbons (Fsp3) is 0.135. The van der Waals surface area contributed by atoms with Crippen molar-refractivity contribution < 1.29 is 0 Å². The van der Waals surface area contributed by atoms with Gasteiger partial charge in [-0.05, 0) is 63.2 Å². The lowest BCUT2D eigenvalue weighted by Crippen LogP contribution is -2.00. The fourth-order valence-corrected chi connectivity index (χ4v) is 8.02.